The summed E-state index contributed by atoms with van der Waals surface area (Å²) in [5.41, 5.74) is 1.78. The molecule has 3 aromatic rings. The van der Waals surface area contributed by atoms with Gasteiger partial charge in [0.25, 0.3) is 15.9 Å². The largest absolute Gasteiger partial charge is 0.494 e. The lowest BCUT2D eigenvalue weighted by Crippen LogP contribution is -2.35. The molecule has 0 heterocycles. The highest BCUT2D eigenvalue weighted by molar-refractivity contribution is 7.93. The number of anilines is 1. The number of amides is 1. The minimum atomic E-state index is -4.18. The Hall–Kier alpha value is -3.78. The van der Waals surface area contributed by atoms with Crippen LogP contribution in [-0.2, 0) is 14.8 Å². The fraction of sp³-hybridized carbons (Fsp3) is 0.250. The van der Waals surface area contributed by atoms with Crippen molar-refractivity contribution in [2.45, 2.75) is 32.6 Å². The highest BCUT2D eigenvalue weighted by Gasteiger charge is 2.29. The van der Waals surface area contributed by atoms with Crippen molar-refractivity contribution < 1.29 is 27.4 Å². The van der Waals surface area contributed by atoms with Crippen molar-refractivity contribution in [2.75, 3.05) is 24.1 Å². The number of aryl methyl sites for hydroxylation is 1. The van der Waals surface area contributed by atoms with E-state index in [9.17, 15) is 13.2 Å². The number of ether oxygens (including phenoxy) is 3. The lowest BCUT2D eigenvalue weighted by molar-refractivity contribution is -0.113. The summed E-state index contributed by atoms with van der Waals surface area (Å²) >= 11 is 0. The molecule has 0 N–H and O–H groups in total. The SMILES string of the molecule is CCOc1ccc(N(C(=O)/C=C/c2ccc(OCC)c(OCC)c2)S(=O)(=O)c2ccc(C)cc2)cc1. The lowest BCUT2D eigenvalue weighted by Gasteiger charge is -2.22. The van der Waals surface area contributed by atoms with Crippen LogP contribution in [0.2, 0.25) is 0 Å². The van der Waals surface area contributed by atoms with E-state index in [-0.39, 0.29) is 10.6 Å². The average molecular weight is 510 g/mol. The minimum absolute atomic E-state index is 0.0171. The molecule has 0 aliphatic heterocycles. The van der Waals surface area contributed by atoms with Crippen LogP contribution < -0.4 is 18.5 Å². The first-order chi connectivity index (χ1) is 17.3. The number of rotatable bonds is 11. The average Bonchev–Trinajstić information content (AvgIpc) is 2.86. The molecule has 8 heteroatoms. The third-order valence-electron chi connectivity index (χ3n) is 5.13. The van der Waals surface area contributed by atoms with Crippen LogP contribution in [0.1, 0.15) is 31.9 Å². The van der Waals surface area contributed by atoms with Gasteiger partial charge in [0.15, 0.2) is 11.5 Å². The second kappa shape index (κ2) is 12.3. The summed E-state index contributed by atoms with van der Waals surface area (Å²) in [6, 6.07) is 18.0. The van der Waals surface area contributed by atoms with E-state index in [1.165, 1.54) is 18.2 Å². The van der Waals surface area contributed by atoms with Gasteiger partial charge >= 0.3 is 0 Å². The first kappa shape index (κ1) is 26.8. The van der Waals surface area contributed by atoms with Crippen LogP contribution in [0.3, 0.4) is 0 Å². The van der Waals surface area contributed by atoms with Crippen LogP contribution in [0.5, 0.6) is 17.2 Å². The molecule has 0 saturated carbocycles. The van der Waals surface area contributed by atoms with Gasteiger partial charge in [0.05, 0.1) is 30.4 Å². The number of carbonyl (C=O) groups is 1. The molecule has 0 aliphatic rings. The van der Waals surface area contributed by atoms with Gasteiger partial charge in [-0.2, -0.15) is 4.31 Å². The smallest absolute Gasteiger partial charge is 0.271 e. The van der Waals surface area contributed by atoms with Crippen LogP contribution in [0.25, 0.3) is 6.08 Å². The van der Waals surface area contributed by atoms with Crippen molar-refractivity contribution in [3.05, 3.63) is 83.9 Å². The van der Waals surface area contributed by atoms with Gasteiger partial charge < -0.3 is 14.2 Å². The van der Waals surface area contributed by atoms with Crippen molar-refractivity contribution in [1.29, 1.82) is 0 Å². The predicted molar refractivity (Wildman–Crippen MR) is 141 cm³/mol. The highest BCUT2D eigenvalue weighted by atomic mass is 32.2. The number of benzene rings is 3. The van der Waals surface area contributed by atoms with E-state index in [4.69, 9.17) is 14.2 Å². The summed E-state index contributed by atoms with van der Waals surface area (Å²) in [7, 11) is -4.18. The predicted octanol–water partition coefficient (Wildman–Crippen LogP) is 5.63. The molecule has 190 valence electrons. The van der Waals surface area contributed by atoms with Crippen LogP contribution in [0.15, 0.2) is 77.7 Å². The summed E-state index contributed by atoms with van der Waals surface area (Å²) in [4.78, 5) is 13.4. The number of hydrogen-bond acceptors (Lipinski definition) is 6. The molecule has 0 spiro atoms. The monoisotopic (exact) mass is 509 g/mol. The summed E-state index contributed by atoms with van der Waals surface area (Å²) in [5.74, 6) is 1.01. The standard InChI is InChI=1S/C28H31NO6S/c1-5-33-24-14-12-23(13-15-24)29(36(31,32)25-16-8-21(4)9-17-25)28(30)19-11-22-10-18-26(34-6-2)27(20-22)35-7-3/h8-20H,5-7H2,1-4H3/b19-11+. The summed E-state index contributed by atoms with van der Waals surface area (Å²) in [6.07, 6.45) is 2.78. The maximum absolute atomic E-state index is 13.6. The Morgan fingerprint density at radius 2 is 1.42 bits per heavy atom. The molecule has 0 aliphatic carbocycles. The fourth-order valence-corrected chi connectivity index (χ4v) is 4.84. The molecule has 3 aromatic carbocycles. The van der Waals surface area contributed by atoms with Crippen molar-refractivity contribution in [3.63, 3.8) is 0 Å². The number of nitrogens with zero attached hydrogens (tertiary/aromatic N) is 1. The molecule has 0 fully saturated rings. The third-order valence-corrected chi connectivity index (χ3v) is 6.87. The zero-order chi connectivity index (χ0) is 26.1. The second-order valence-corrected chi connectivity index (χ2v) is 9.54. The van der Waals surface area contributed by atoms with Gasteiger partial charge in [-0.05, 0) is 87.9 Å². The Balaban J connectivity index is 1.99. The number of carbonyl (C=O) groups excluding carboxylic acids is 1. The van der Waals surface area contributed by atoms with Crippen molar-refractivity contribution in [1.82, 2.24) is 0 Å². The Labute approximate surface area is 213 Å². The van der Waals surface area contributed by atoms with Crippen LogP contribution in [0, 0.1) is 6.92 Å². The molecule has 0 bridgehead atoms. The van der Waals surface area contributed by atoms with E-state index < -0.39 is 15.9 Å². The van der Waals surface area contributed by atoms with Crippen LogP contribution in [-0.4, -0.2) is 34.1 Å². The van der Waals surface area contributed by atoms with Gasteiger partial charge in [0, 0.05) is 6.08 Å². The molecule has 0 saturated heterocycles. The molecular weight excluding hydrogens is 478 g/mol. The van der Waals surface area contributed by atoms with Crippen molar-refractivity contribution in [2.24, 2.45) is 0 Å². The Bertz CT molecular complexity index is 1300. The molecule has 0 unspecified atom stereocenters. The molecule has 0 aromatic heterocycles. The molecule has 1 amide bonds. The maximum atomic E-state index is 13.6. The van der Waals surface area contributed by atoms with Gasteiger partial charge in [-0.15, -0.1) is 0 Å². The zero-order valence-electron chi connectivity index (χ0n) is 20.9. The first-order valence-corrected chi connectivity index (χ1v) is 13.2. The van der Waals surface area contributed by atoms with Crippen molar-refractivity contribution in [3.8, 4) is 17.2 Å². The Kier molecular flexibility index (Phi) is 9.13. The summed E-state index contributed by atoms with van der Waals surface area (Å²) in [6.45, 7) is 8.88. The summed E-state index contributed by atoms with van der Waals surface area (Å²) in [5, 5.41) is 0. The van der Waals surface area contributed by atoms with E-state index in [2.05, 4.69) is 0 Å². The number of hydrogen-bond donors (Lipinski definition) is 0. The molecule has 0 atom stereocenters. The van der Waals surface area contributed by atoms with Crippen LogP contribution in [0.4, 0.5) is 5.69 Å². The maximum Gasteiger partial charge on any atom is 0.271 e. The first-order valence-electron chi connectivity index (χ1n) is 11.8. The van der Waals surface area contributed by atoms with E-state index in [0.717, 1.165) is 9.87 Å². The molecule has 3 rings (SSSR count). The fourth-order valence-electron chi connectivity index (χ4n) is 3.45. The van der Waals surface area contributed by atoms with Gasteiger partial charge in [0.2, 0.25) is 0 Å². The van der Waals surface area contributed by atoms with Crippen LogP contribution >= 0.6 is 0 Å². The Morgan fingerprint density at radius 3 is 2.03 bits per heavy atom. The zero-order valence-corrected chi connectivity index (χ0v) is 21.7. The highest BCUT2D eigenvalue weighted by Crippen LogP contribution is 2.30. The van der Waals surface area contributed by atoms with Gasteiger partial charge in [-0.1, -0.05) is 23.8 Å². The quantitative estimate of drug-likeness (QED) is 0.312. The topological polar surface area (TPSA) is 82.1 Å². The minimum Gasteiger partial charge on any atom is -0.494 e. The molecule has 36 heavy (non-hydrogen) atoms. The Morgan fingerprint density at radius 1 is 0.806 bits per heavy atom. The van der Waals surface area contributed by atoms with Gasteiger partial charge in [0.1, 0.15) is 5.75 Å². The normalized spacial score (nSPS) is 11.3. The van der Waals surface area contributed by atoms with Gasteiger partial charge in [-0.25, -0.2) is 8.42 Å². The lowest BCUT2D eigenvalue weighted by atomic mass is 10.2. The van der Waals surface area contributed by atoms with E-state index in [1.54, 1.807) is 60.7 Å². The van der Waals surface area contributed by atoms with E-state index in [0.29, 0.717) is 42.6 Å². The van der Waals surface area contributed by atoms with E-state index >= 15 is 0 Å². The molecular formula is C28H31NO6S. The second-order valence-electron chi connectivity index (χ2n) is 7.75. The third kappa shape index (κ3) is 6.46. The van der Waals surface area contributed by atoms with Crippen molar-refractivity contribution >= 4 is 27.7 Å². The summed E-state index contributed by atoms with van der Waals surface area (Å²) < 4.78 is 44.6. The van der Waals surface area contributed by atoms with Gasteiger partial charge in [-0.3, -0.25) is 4.79 Å². The molecule has 0 radical (unpaired) electrons. The molecule has 7 nitrogen and oxygen atoms in total. The number of sulfonamides is 1. The van der Waals surface area contributed by atoms with E-state index in [1.807, 2.05) is 27.7 Å².